The summed E-state index contributed by atoms with van der Waals surface area (Å²) < 4.78 is 61.5. The van der Waals surface area contributed by atoms with E-state index in [1.807, 2.05) is 0 Å². The second-order valence-electron chi connectivity index (χ2n) is 4.77. The molecule has 1 N–H and O–H groups in total. The van der Waals surface area contributed by atoms with Gasteiger partial charge in [-0.1, -0.05) is 6.92 Å². The lowest BCUT2D eigenvalue weighted by Crippen LogP contribution is -2.46. The first-order valence-electron chi connectivity index (χ1n) is 6.16. The maximum absolute atomic E-state index is 13.0. The van der Waals surface area contributed by atoms with Crippen molar-refractivity contribution in [2.75, 3.05) is 24.6 Å². The summed E-state index contributed by atoms with van der Waals surface area (Å²) in [5.41, 5.74) is -2.33. The standard InChI is InChI=1S/C11H18F3NO3S/c1-2-19(17,18)7-3-4-9(16)10(11(12,13)14)5-6-15-8-10/h15H,2-8H2,1H3. The molecule has 0 saturated carbocycles. The first-order valence-corrected chi connectivity index (χ1v) is 7.98. The van der Waals surface area contributed by atoms with Gasteiger partial charge in [0.25, 0.3) is 0 Å². The predicted molar refractivity (Wildman–Crippen MR) is 64.5 cm³/mol. The Labute approximate surface area is 110 Å². The van der Waals surface area contributed by atoms with E-state index >= 15 is 0 Å². The second kappa shape index (κ2) is 5.78. The van der Waals surface area contributed by atoms with E-state index in [0.717, 1.165) is 0 Å². The number of ketones is 1. The monoisotopic (exact) mass is 301 g/mol. The van der Waals surface area contributed by atoms with E-state index in [4.69, 9.17) is 0 Å². The van der Waals surface area contributed by atoms with Gasteiger partial charge in [-0.2, -0.15) is 13.2 Å². The highest BCUT2D eigenvalue weighted by Crippen LogP contribution is 2.44. The van der Waals surface area contributed by atoms with Crippen molar-refractivity contribution < 1.29 is 26.4 Å². The lowest BCUT2D eigenvalue weighted by molar-refractivity contribution is -0.214. The number of sulfone groups is 1. The average molecular weight is 301 g/mol. The number of alkyl halides is 3. The molecule has 1 aliphatic rings. The third-order valence-electron chi connectivity index (χ3n) is 3.53. The van der Waals surface area contributed by atoms with Crippen LogP contribution in [0.25, 0.3) is 0 Å². The van der Waals surface area contributed by atoms with Crippen LogP contribution in [0.15, 0.2) is 0 Å². The van der Waals surface area contributed by atoms with E-state index in [9.17, 15) is 26.4 Å². The second-order valence-corrected chi connectivity index (χ2v) is 7.24. The van der Waals surface area contributed by atoms with Gasteiger partial charge in [-0.25, -0.2) is 8.42 Å². The summed E-state index contributed by atoms with van der Waals surface area (Å²) in [5.74, 6) is -1.21. The Balaban J connectivity index is 2.66. The first-order chi connectivity index (χ1) is 8.65. The molecule has 1 fully saturated rings. The highest BCUT2D eigenvalue weighted by Gasteiger charge is 2.60. The van der Waals surface area contributed by atoms with Crippen LogP contribution in [0.2, 0.25) is 0 Å². The zero-order valence-electron chi connectivity index (χ0n) is 10.7. The van der Waals surface area contributed by atoms with Gasteiger partial charge in [-0.05, 0) is 19.4 Å². The van der Waals surface area contributed by atoms with Crippen molar-refractivity contribution in [3.05, 3.63) is 0 Å². The van der Waals surface area contributed by atoms with Crippen molar-refractivity contribution in [3.8, 4) is 0 Å². The molecule has 1 aliphatic heterocycles. The molecule has 0 aliphatic carbocycles. The normalized spacial score (nSPS) is 24.6. The molecule has 1 saturated heterocycles. The third kappa shape index (κ3) is 3.68. The molecule has 8 heteroatoms. The van der Waals surface area contributed by atoms with Gasteiger partial charge in [-0.15, -0.1) is 0 Å². The summed E-state index contributed by atoms with van der Waals surface area (Å²) in [7, 11) is -3.24. The lowest BCUT2D eigenvalue weighted by Gasteiger charge is -2.29. The Bertz CT molecular complexity index is 425. The molecule has 0 spiro atoms. The molecule has 1 rings (SSSR count). The summed E-state index contributed by atoms with van der Waals surface area (Å²) in [4.78, 5) is 11.8. The molecule has 4 nitrogen and oxygen atoms in total. The largest absolute Gasteiger partial charge is 0.402 e. The Morgan fingerprint density at radius 2 is 2.00 bits per heavy atom. The molecule has 19 heavy (non-hydrogen) atoms. The van der Waals surface area contributed by atoms with Crippen molar-refractivity contribution in [2.24, 2.45) is 5.41 Å². The van der Waals surface area contributed by atoms with Crippen LogP contribution in [0, 0.1) is 5.41 Å². The van der Waals surface area contributed by atoms with Crippen LogP contribution in [-0.4, -0.2) is 45.0 Å². The zero-order chi connectivity index (χ0) is 14.7. The molecule has 1 unspecified atom stereocenters. The van der Waals surface area contributed by atoms with E-state index in [-0.39, 0.29) is 37.3 Å². The topological polar surface area (TPSA) is 63.2 Å². The Hall–Kier alpha value is -0.630. The number of hydrogen-bond donors (Lipinski definition) is 1. The maximum Gasteiger partial charge on any atom is 0.402 e. The van der Waals surface area contributed by atoms with Crippen molar-refractivity contribution in [1.82, 2.24) is 5.32 Å². The quantitative estimate of drug-likeness (QED) is 0.803. The molecule has 0 aromatic carbocycles. The van der Waals surface area contributed by atoms with Crippen molar-refractivity contribution >= 4 is 15.6 Å². The van der Waals surface area contributed by atoms with Crippen LogP contribution < -0.4 is 5.32 Å². The molecule has 0 amide bonds. The first kappa shape index (κ1) is 16.4. The number of rotatable bonds is 6. The fourth-order valence-electron chi connectivity index (χ4n) is 2.17. The summed E-state index contributed by atoms with van der Waals surface area (Å²) in [6.07, 6.45) is -5.25. The summed E-state index contributed by atoms with van der Waals surface area (Å²) in [5, 5.41) is 2.56. The minimum atomic E-state index is -4.59. The van der Waals surface area contributed by atoms with Gasteiger partial charge in [-0.3, -0.25) is 4.79 Å². The van der Waals surface area contributed by atoms with Gasteiger partial charge < -0.3 is 5.32 Å². The third-order valence-corrected chi connectivity index (χ3v) is 5.32. The van der Waals surface area contributed by atoms with Gasteiger partial charge in [0, 0.05) is 18.7 Å². The summed E-state index contributed by atoms with van der Waals surface area (Å²) in [6, 6.07) is 0. The van der Waals surface area contributed by atoms with Crippen molar-refractivity contribution in [3.63, 3.8) is 0 Å². The Morgan fingerprint density at radius 1 is 1.37 bits per heavy atom. The van der Waals surface area contributed by atoms with Gasteiger partial charge in [0.2, 0.25) is 0 Å². The van der Waals surface area contributed by atoms with Crippen molar-refractivity contribution in [2.45, 2.75) is 32.4 Å². The highest BCUT2D eigenvalue weighted by molar-refractivity contribution is 7.91. The summed E-state index contributed by atoms with van der Waals surface area (Å²) in [6.45, 7) is 1.21. The van der Waals surface area contributed by atoms with Crippen LogP contribution in [0.5, 0.6) is 0 Å². The van der Waals surface area contributed by atoms with E-state index in [1.165, 1.54) is 6.92 Å². The molecular weight excluding hydrogens is 283 g/mol. The van der Waals surface area contributed by atoms with E-state index in [1.54, 1.807) is 0 Å². The highest BCUT2D eigenvalue weighted by atomic mass is 32.2. The Morgan fingerprint density at radius 3 is 2.42 bits per heavy atom. The minimum absolute atomic E-state index is 0.0488. The number of hydrogen-bond acceptors (Lipinski definition) is 4. The van der Waals surface area contributed by atoms with Crippen molar-refractivity contribution in [1.29, 1.82) is 0 Å². The van der Waals surface area contributed by atoms with Crippen LogP contribution in [0.3, 0.4) is 0 Å². The fourth-order valence-corrected chi connectivity index (χ4v) is 3.04. The molecule has 0 aromatic heterocycles. The molecule has 0 radical (unpaired) electrons. The molecule has 1 atom stereocenters. The van der Waals surface area contributed by atoms with Gasteiger partial charge in [0.1, 0.15) is 21.0 Å². The van der Waals surface area contributed by atoms with E-state index < -0.39 is 33.8 Å². The molecular formula is C11H18F3NO3S. The van der Waals surface area contributed by atoms with Crippen LogP contribution >= 0.6 is 0 Å². The van der Waals surface area contributed by atoms with Gasteiger partial charge in [0.05, 0.1) is 5.75 Å². The number of carbonyl (C=O) groups excluding carboxylic acids is 1. The lowest BCUT2D eigenvalue weighted by atomic mass is 9.80. The Kier molecular flexibility index (Phi) is 5.00. The number of halogens is 3. The maximum atomic E-state index is 13.0. The smallest absolute Gasteiger partial charge is 0.315 e. The van der Waals surface area contributed by atoms with Crippen LogP contribution in [0.4, 0.5) is 13.2 Å². The number of nitrogens with one attached hydrogen (secondary N) is 1. The van der Waals surface area contributed by atoms with E-state index in [2.05, 4.69) is 5.32 Å². The fraction of sp³-hybridized carbons (Fsp3) is 0.909. The zero-order valence-corrected chi connectivity index (χ0v) is 11.5. The molecule has 0 bridgehead atoms. The van der Waals surface area contributed by atoms with Crippen LogP contribution in [-0.2, 0) is 14.6 Å². The molecule has 0 aromatic rings. The van der Waals surface area contributed by atoms with Gasteiger partial charge >= 0.3 is 6.18 Å². The van der Waals surface area contributed by atoms with Crippen LogP contribution in [0.1, 0.15) is 26.2 Å². The molecule has 112 valence electrons. The number of carbonyl (C=O) groups is 1. The molecule has 1 heterocycles. The predicted octanol–water partition coefficient (Wildman–Crippen LogP) is 1.31. The minimum Gasteiger partial charge on any atom is -0.315 e. The average Bonchev–Trinajstić information content (AvgIpc) is 2.78. The number of Topliss-reactive ketones (excluding diaryl/α,β-unsaturated/α-hetero) is 1. The van der Waals surface area contributed by atoms with E-state index in [0.29, 0.717) is 0 Å². The summed E-state index contributed by atoms with van der Waals surface area (Å²) >= 11 is 0. The SMILES string of the molecule is CCS(=O)(=O)CCCC(=O)C1(C(F)(F)F)CCNC1. The van der Waals surface area contributed by atoms with Gasteiger partial charge in [0.15, 0.2) is 0 Å².